The molecule has 0 saturated heterocycles. The van der Waals surface area contributed by atoms with Crippen molar-refractivity contribution in [2.45, 2.75) is 23.3 Å². The van der Waals surface area contributed by atoms with Gasteiger partial charge in [-0.1, -0.05) is 90.0 Å². The van der Waals surface area contributed by atoms with Gasteiger partial charge in [0.2, 0.25) is 0 Å². The molecule has 2 aromatic rings. The number of nitrogens with one attached hydrogen (secondary N) is 1. The maximum atomic E-state index is 13.8. The third-order valence-corrected chi connectivity index (χ3v) is 6.05. The first-order valence-corrected chi connectivity index (χ1v) is 11.0. The molecular formula is C25H22Cl2N2O3. The lowest BCUT2D eigenvalue weighted by Crippen LogP contribution is -2.44. The molecule has 1 heterocycles. The zero-order chi connectivity index (χ0) is 22.7. The van der Waals surface area contributed by atoms with Gasteiger partial charge >= 0.3 is 5.97 Å². The number of amides is 1. The van der Waals surface area contributed by atoms with Crippen LogP contribution in [-0.2, 0) is 14.3 Å². The van der Waals surface area contributed by atoms with E-state index in [9.17, 15) is 9.59 Å². The Morgan fingerprint density at radius 3 is 2.34 bits per heavy atom. The summed E-state index contributed by atoms with van der Waals surface area (Å²) in [6.07, 6.45) is 6.90. The number of anilines is 1. The van der Waals surface area contributed by atoms with Gasteiger partial charge in [0, 0.05) is 5.69 Å². The Labute approximate surface area is 197 Å². The van der Waals surface area contributed by atoms with Crippen LogP contribution >= 0.6 is 23.2 Å². The van der Waals surface area contributed by atoms with Gasteiger partial charge in [-0.15, -0.1) is 0 Å². The molecule has 1 amide bonds. The topological polar surface area (TPSA) is 58.6 Å². The third-order valence-electron chi connectivity index (χ3n) is 5.33. The van der Waals surface area contributed by atoms with Crippen LogP contribution in [0.5, 0.6) is 0 Å². The molecule has 1 aliphatic carbocycles. The average Bonchev–Trinajstić information content (AvgIpc) is 3.08. The molecule has 5 nitrogen and oxygen atoms in total. The third kappa shape index (κ3) is 4.18. The van der Waals surface area contributed by atoms with Gasteiger partial charge in [-0.25, -0.2) is 4.79 Å². The number of esters is 1. The van der Waals surface area contributed by atoms with E-state index < -0.39 is 22.4 Å². The lowest BCUT2D eigenvalue weighted by atomic mass is 9.98. The predicted molar refractivity (Wildman–Crippen MR) is 126 cm³/mol. The lowest BCUT2D eigenvalue weighted by Gasteiger charge is -2.29. The molecule has 1 N–H and O–H groups in total. The molecule has 0 bridgehead atoms. The molecule has 1 aliphatic heterocycles. The van der Waals surface area contributed by atoms with Crippen LogP contribution in [0.3, 0.4) is 0 Å². The number of carbonyl (C=O) groups is 2. The Morgan fingerprint density at radius 2 is 1.72 bits per heavy atom. The smallest absolute Gasteiger partial charge is 0.338 e. The molecule has 2 aliphatic rings. The average molecular weight is 469 g/mol. The van der Waals surface area contributed by atoms with E-state index in [4.69, 9.17) is 27.9 Å². The minimum Gasteiger partial charge on any atom is -0.463 e. The quantitative estimate of drug-likeness (QED) is 0.486. The van der Waals surface area contributed by atoms with Crippen molar-refractivity contribution in [3.63, 3.8) is 0 Å². The van der Waals surface area contributed by atoms with Gasteiger partial charge in [0.1, 0.15) is 5.70 Å². The highest BCUT2D eigenvalue weighted by Gasteiger charge is 2.46. The first-order valence-electron chi connectivity index (χ1n) is 10.3. The number of alkyl halides is 2. The van der Waals surface area contributed by atoms with Crippen molar-refractivity contribution in [1.82, 2.24) is 5.32 Å². The lowest BCUT2D eigenvalue weighted by molar-refractivity contribution is -0.138. The van der Waals surface area contributed by atoms with Gasteiger partial charge in [-0.05, 0) is 30.7 Å². The van der Waals surface area contributed by atoms with Crippen LogP contribution in [0.15, 0.2) is 96.2 Å². The van der Waals surface area contributed by atoms with Crippen LogP contribution in [0, 0.1) is 0 Å². The zero-order valence-electron chi connectivity index (χ0n) is 17.4. The molecule has 0 fully saturated rings. The number of para-hydroxylation sites is 1. The molecule has 32 heavy (non-hydrogen) atoms. The normalized spacial score (nSPS) is 21.7. The summed E-state index contributed by atoms with van der Waals surface area (Å²) < 4.78 is 4.08. The molecular weight excluding hydrogens is 447 g/mol. The van der Waals surface area contributed by atoms with E-state index in [1.165, 1.54) is 0 Å². The second-order valence-electron chi connectivity index (χ2n) is 7.37. The Bertz CT molecular complexity index is 1090. The maximum Gasteiger partial charge on any atom is 0.338 e. The second-order valence-corrected chi connectivity index (χ2v) is 8.82. The summed E-state index contributed by atoms with van der Waals surface area (Å²) in [5.74, 6) is -0.930. The van der Waals surface area contributed by atoms with Crippen molar-refractivity contribution >= 4 is 40.8 Å². The van der Waals surface area contributed by atoms with Crippen LogP contribution in [0.25, 0.3) is 0 Å². The Hall–Kier alpha value is -3.02. The van der Waals surface area contributed by atoms with Crippen LogP contribution in [0.4, 0.5) is 5.69 Å². The van der Waals surface area contributed by atoms with Crippen molar-refractivity contribution in [2.24, 2.45) is 0 Å². The number of rotatable bonds is 6. The molecule has 0 saturated carbocycles. The highest BCUT2D eigenvalue weighted by molar-refractivity contribution is 6.50. The van der Waals surface area contributed by atoms with Gasteiger partial charge < -0.3 is 10.1 Å². The largest absolute Gasteiger partial charge is 0.463 e. The standard InChI is InChI=1S/C25H22Cl2N2O3/c1-2-32-24(31)20-21(28-19-15-9-10-16-25(19,26)27)23(30)29(18-13-7-4-8-14-18)22(20)17-11-5-3-6-12-17/h3-16,19,22,28H,2H2,1H3. The minimum atomic E-state index is -1.29. The molecule has 2 aromatic carbocycles. The summed E-state index contributed by atoms with van der Waals surface area (Å²) in [6.45, 7) is 1.91. The second kappa shape index (κ2) is 9.23. The fraction of sp³-hybridized carbons (Fsp3) is 0.200. The summed E-state index contributed by atoms with van der Waals surface area (Å²) in [4.78, 5) is 28.5. The van der Waals surface area contributed by atoms with E-state index in [2.05, 4.69) is 5.32 Å². The zero-order valence-corrected chi connectivity index (χ0v) is 18.9. The molecule has 164 valence electrons. The SMILES string of the molecule is CCOC(=O)C1=C(NC2C=CC=CC2(Cl)Cl)C(=O)N(c2ccccc2)C1c1ccccc1. The van der Waals surface area contributed by atoms with Gasteiger partial charge in [-0.2, -0.15) is 0 Å². The monoisotopic (exact) mass is 468 g/mol. The summed E-state index contributed by atoms with van der Waals surface area (Å²) in [5.41, 5.74) is 1.79. The van der Waals surface area contributed by atoms with E-state index in [1.54, 1.807) is 36.1 Å². The van der Waals surface area contributed by atoms with Gasteiger partial charge in [0.05, 0.1) is 24.3 Å². The van der Waals surface area contributed by atoms with Crippen LogP contribution < -0.4 is 10.2 Å². The number of allylic oxidation sites excluding steroid dienone is 2. The van der Waals surface area contributed by atoms with Crippen LogP contribution in [0.1, 0.15) is 18.5 Å². The Kier molecular flexibility index (Phi) is 6.40. The summed E-state index contributed by atoms with van der Waals surface area (Å²) in [6, 6.07) is 17.3. The number of benzene rings is 2. The number of nitrogens with zero attached hydrogens (tertiary/aromatic N) is 1. The van der Waals surface area contributed by atoms with Crippen molar-refractivity contribution in [1.29, 1.82) is 0 Å². The van der Waals surface area contributed by atoms with E-state index >= 15 is 0 Å². The fourth-order valence-electron chi connectivity index (χ4n) is 3.88. The van der Waals surface area contributed by atoms with Crippen molar-refractivity contribution in [3.8, 4) is 0 Å². The van der Waals surface area contributed by atoms with Crippen molar-refractivity contribution in [2.75, 3.05) is 11.5 Å². The minimum absolute atomic E-state index is 0.122. The predicted octanol–water partition coefficient (Wildman–Crippen LogP) is 4.85. The van der Waals surface area contributed by atoms with E-state index in [0.717, 1.165) is 5.56 Å². The molecule has 2 unspecified atom stereocenters. The van der Waals surface area contributed by atoms with E-state index in [1.807, 2.05) is 60.7 Å². The Morgan fingerprint density at radius 1 is 1.06 bits per heavy atom. The van der Waals surface area contributed by atoms with Crippen molar-refractivity contribution in [3.05, 3.63) is 102 Å². The van der Waals surface area contributed by atoms with E-state index in [-0.39, 0.29) is 23.8 Å². The van der Waals surface area contributed by atoms with E-state index in [0.29, 0.717) is 5.69 Å². The van der Waals surface area contributed by atoms with Crippen LogP contribution in [-0.4, -0.2) is 28.9 Å². The number of halogens is 2. The first kappa shape index (κ1) is 22.2. The highest BCUT2D eigenvalue weighted by Crippen LogP contribution is 2.42. The fourth-order valence-corrected chi connectivity index (χ4v) is 4.28. The van der Waals surface area contributed by atoms with Crippen molar-refractivity contribution < 1.29 is 14.3 Å². The number of ether oxygens (including phenoxy) is 1. The van der Waals surface area contributed by atoms with Crippen LogP contribution in [0.2, 0.25) is 0 Å². The molecule has 4 rings (SSSR count). The molecule has 2 atom stereocenters. The molecule has 0 aromatic heterocycles. The highest BCUT2D eigenvalue weighted by atomic mass is 35.5. The number of hydrogen-bond donors (Lipinski definition) is 1. The number of carbonyl (C=O) groups excluding carboxylic acids is 2. The summed E-state index contributed by atoms with van der Waals surface area (Å²) >= 11 is 12.9. The summed E-state index contributed by atoms with van der Waals surface area (Å²) in [5, 5.41) is 3.13. The van der Waals surface area contributed by atoms with Gasteiger partial charge in [-0.3, -0.25) is 9.69 Å². The molecule has 7 heteroatoms. The number of hydrogen-bond acceptors (Lipinski definition) is 4. The Balaban J connectivity index is 1.87. The maximum absolute atomic E-state index is 13.8. The molecule has 0 spiro atoms. The molecule has 0 radical (unpaired) electrons. The van der Waals surface area contributed by atoms with Gasteiger partial charge in [0.25, 0.3) is 5.91 Å². The summed E-state index contributed by atoms with van der Waals surface area (Å²) in [7, 11) is 0. The first-order chi connectivity index (χ1) is 15.4. The van der Waals surface area contributed by atoms with Gasteiger partial charge in [0.15, 0.2) is 4.33 Å².